The van der Waals surface area contributed by atoms with Gasteiger partial charge in [0, 0.05) is 12.1 Å². The molecule has 18 heavy (non-hydrogen) atoms. The lowest BCUT2D eigenvalue weighted by Crippen LogP contribution is -2.50. The summed E-state index contributed by atoms with van der Waals surface area (Å²) in [4.78, 5) is 11.2. The number of amides is 1. The third-order valence-corrected chi connectivity index (χ3v) is 2.75. The first-order valence-electron chi connectivity index (χ1n) is 5.52. The fourth-order valence-corrected chi connectivity index (χ4v) is 1.39. The molecule has 1 rings (SSSR count). The molecule has 0 radical (unpaired) electrons. The van der Waals surface area contributed by atoms with Gasteiger partial charge >= 0.3 is 0 Å². The molecule has 3 N–H and O–H groups in total. The molecule has 5 heteroatoms. The molecule has 0 spiro atoms. The van der Waals surface area contributed by atoms with Crippen LogP contribution in [0.5, 0.6) is 5.75 Å². The lowest BCUT2D eigenvalue weighted by Gasteiger charge is -2.23. The van der Waals surface area contributed by atoms with Crippen LogP contribution >= 0.6 is 0 Å². The maximum Gasteiger partial charge on any atom is 0.237 e. The lowest BCUT2D eigenvalue weighted by molar-refractivity contribution is -0.123. The lowest BCUT2D eigenvalue weighted by atomic mass is 10.0. The SMILES string of the molecule is COc1ccc(C#N)cc1CNC(C)(C)C(N)=O. The van der Waals surface area contributed by atoms with Crippen LogP contribution in [0, 0.1) is 11.3 Å². The van der Waals surface area contributed by atoms with E-state index in [9.17, 15) is 4.79 Å². The first-order valence-corrected chi connectivity index (χ1v) is 5.52. The average molecular weight is 247 g/mol. The second-order valence-corrected chi connectivity index (χ2v) is 4.48. The molecule has 5 nitrogen and oxygen atoms in total. The topological polar surface area (TPSA) is 88.1 Å². The first kappa shape index (κ1) is 14.0. The minimum atomic E-state index is -0.812. The molecule has 0 bridgehead atoms. The zero-order chi connectivity index (χ0) is 13.8. The van der Waals surface area contributed by atoms with Gasteiger partial charge in [0.1, 0.15) is 5.75 Å². The Morgan fingerprint density at radius 1 is 1.56 bits per heavy atom. The van der Waals surface area contributed by atoms with Gasteiger partial charge in [-0.1, -0.05) is 0 Å². The number of hydrogen-bond acceptors (Lipinski definition) is 4. The van der Waals surface area contributed by atoms with Crippen LogP contribution in [-0.4, -0.2) is 18.6 Å². The second kappa shape index (κ2) is 5.52. The number of nitriles is 1. The maximum absolute atomic E-state index is 11.2. The summed E-state index contributed by atoms with van der Waals surface area (Å²) in [5.41, 5.74) is 5.82. The monoisotopic (exact) mass is 247 g/mol. The van der Waals surface area contributed by atoms with E-state index in [1.165, 1.54) is 0 Å². The van der Waals surface area contributed by atoms with Crippen molar-refractivity contribution in [1.29, 1.82) is 5.26 Å². The van der Waals surface area contributed by atoms with Gasteiger partial charge in [-0.25, -0.2) is 0 Å². The number of rotatable bonds is 5. The van der Waals surface area contributed by atoms with Crippen molar-refractivity contribution >= 4 is 5.91 Å². The van der Waals surface area contributed by atoms with Crippen LogP contribution in [0.25, 0.3) is 0 Å². The highest BCUT2D eigenvalue weighted by Gasteiger charge is 2.24. The molecule has 0 aliphatic carbocycles. The van der Waals surface area contributed by atoms with Gasteiger partial charge in [-0.2, -0.15) is 5.26 Å². The summed E-state index contributed by atoms with van der Waals surface area (Å²) >= 11 is 0. The number of carbonyl (C=O) groups excluding carboxylic acids is 1. The molecule has 0 atom stereocenters. The zero-order valence-corrected chi connectivity index (χ0v) is 10.8. The predicted octanol–water partition coefficient (Wildman–Crippen LogP) is 0.920. The van der Waals surface area contributed by atoms with Crippen molar-refractivity contribution in [3.05, 3.63) is 29.3 Å². The van der Waals surface area contributed by atoms with Crippen molar-refractivity contribution in [2.45, 2.75) is 25.9 Å². The zero-order valence-electron chi connectivity index (χ0n) is 10.8. The second-order valence-electron chi connectivity index (χ2n) is 4.48. The van der Waals surface area contributed by atoms with E-state index in [1.807, 2.05) is 0 Å². The minimum Gasteiger partial charge on any atom is -0.496 e. The molecule has 0 heterocycles. The Morgan fingerprint density at radius 2 is 2.22 bits per heavy atom. The van der Waals surface area contributed by atoms with E-state index >= 15 is 0 Å². The summed E-state index contributed by atoms with van der Waals surface area (Å²) in [7, 11) is 1.56. The van der Waals surface area contributed by atoms with Gasteiger partial charge in [0.2, 0.25) is 5.91 Å². The molecule has 1 aromatic rings. The molecule has 0 saturated carbocycles. The molecular weight excluding hydrogens is 230 g/mol. The number of benzene rings is 1. The smallest absolute Gasteiger partial charge is 0.237 e. The Labute approximate surface area is 107 Å². The Hall–Kier alpha value is -2.06. The van der Waals surface area contributed by atoms with Gasteiger partial charge in [0.15, 0.2) is 0 Å². The predicted molar refractivity (Wildman–Crippen MR) is 67.8 cm³/mol. The third-order valence-electron chi connectivity index (χ3n) is 2.75. The molecule has 1 aromatic carbocycles. The fraction of sp³-hybridized carbons (Fsp3) is 0.385. The van der Waals surface area contributed by atoms with Crippen LogP contribution in [0.4, 0.5) is 0 Å². The van der Waals surface area contributed by atoms with Crippen LogP contribution in [-0.2, 0) is 11.3 Å². The van der Waals surface area contributed by atoms with Crippen molar-refractivity contribution in [3.8, 4) is 11.8 Å². The molecule has 96 valence electrons. The molecule has 0 saturated heterocycles. The number of carbonyl (C=O) groups is 1. The fourth-order valence-electron chi connectivity index (χ4n) is 1.39. The normalized spacial score (nSPS) is 10.8. The van der Waals surface area contributed by atoms with Gasteiger partial charge in [0.05, 0.1) is 24.3 Å². The standard InChI is InChI=1S/C13H17N3O2/c1-13(2,12(15)17)16-8-10-6-9(7-14)4-5-11(10)18-3/h4-6,16H,8H2,1-3H3,(H2,15,17). The summed E-state index contributed by atoms with van der Waals surface area (Å²) in [6.45, 7) is 3.81. The minimum absolute atomic E-state index is 0.397. The van der Waals surface area contributed by atoms with Gasteiger partial charge in [-0.15, -0.1) is 0 Å². The van der Waals surface area contributed by atoms with Crippen LogP contribution in [0.1, 0.15) is 25.0 Å². The number of primary amides is 1. The molecule has 0 aliphatic rings. The van der Waals surface area contributed by atoms with E-state index in [-0.39, 0.29) is 0 Å². The van der Waals surface area contributed by atoms with Crippen LogP contribution in [0.3, 0.4) is 0 Å². The van der Waals surface area contributed by atoms with Gasteiger partial charge in [-0.3, -0.25) is 10.1 Å². The summed E-state index contributed by atoms with van der Waals surface area (Å²) < 4.78 is 5.20. The highest BCUT2D eigenvalue weighted by Crippen LogP contribution is 2.20. The van der Waals surface area contributed by atoms with Crippen molar-refractivity contribution < 1.29 is 9.53 Å². The summed E-state index contributed by atoms with van der Waals surface area (Å²) in [5.74, 6) is 0.236. The van der Waals surface area contributed by atoms with Gasteiger partial charge in [-0.05, 0) is 32.0 Å². The Kier molecular flexibility index (Phi) is 4.29. The quantitative estimate of drug-likeness (QED) is 0.809. The van der Waals surface area contributed by atoms with Crippen molar-refractivity contribution in [2.24, 2.45) is 5.73 Å². The molecule has 0 fully saturated rings. The number of nitrogens with two attached hydrogens (primary N) is 1. The van der Waals surface area contributed by atoms with E-state index in [1.54, 1.807) is 39.2 Å². The third kappa shape index (κ3) is 3.22. The number of nitrogens with one attached hydrogen (secondary N) is 1. The first-order chi connectivity index (χ1) is 8.40. The molecule has 0 aliphatic heterocycles. The van der Waals surface area contributed by atoms with E-state index in [0.29, 0.717) is 17.9 Å². The highest BCUT2D eigenvalue weighted by molar-refractivity contribution is 5.83. The van der Waals surface area contributed by atoms with Crippen LogP contribution in [0.15, 0.2) is 18.2 Å². The molecule has 0 aromatic heterocycles. The number of ether oxygens (including phenoxy) is 1. The van der Waals surface area contributed by atoms with Crippen molar-refractivity contribution in [1.82, 2.24) is 5.32 Å². The van der Waals surface area contributed by atoms with Gasteiger partial charge in [0.25, 0.3) is 0 Å². The number of methoxy groups -OCH3 is 1. The van der Waals surface area contributed by atoms with E-state index in [2.05, 4.69) is 11.4 Å². The van der Waals surface area contributed by atoms with Crippen LogP contribution < -0.4 is 15.8 Å². The summed E-state index contributed by atoms with van der Waals surface area (Å²) in [5, 5.41) is 11.9. The van der Waals surface area contributed by atoms with E-state index in [4.69, 9.17) is 15.7 Å². The van der Waals surface area contributed by atoms with E-state index in [0.717, 1.165) is 5.56 Å². The largest absolute Gasteiger partial charge is 0.496 e. The van der Waals surface area contributed by atoms with Crippen molar-refractivity contribution in [2.75, 3.05) is 7.11 Å². The Bertz CT molecular complexity index is 489. The number of nitrogens with zero attached hydrogens (tertiary/aromatic N) is 1. The Balaban J connectivity index is 2.90. The Morgan fingerprint density at radius 3 is 2.72 bits per heavy atom. The molecule has 1 amide bonds. The van der Waals surface area contributed by atoms with Crippen LogP contribution in [0.2, 0.25) is 0 Å². The number of hydrogen-bond donors (Lipinski definition) is 2. The average Bonchev–Trinajstić information content (AvgIpc) is 2.35. The van der Waals surface area contributed by atoms with E-state index < -0.39 is 11.4 Å². The highest BCUT2D eigenvalue weighted by atomic mass is 16.5. The molecular formula is C13H17N3O2. The maximum atomic E-state index is 11.2. The van der Waals surface area contributed by atoms with Gasteiger partial charge < -0.3 is 10.5 Å². The summed E-state index contributed by atoms with van der Waals surface area (Å²) in [6.07, 6.45) is 0. The van der Waals surface area contributed by atoms with Crippen molar-refractivity contribution in [3.63, 3.8) is 0 Å². The summed E-state index contributed by atoms with van der Waals surface area (Å²) in [6, 6.07) is 7.20. The molecule has 0 unspecified atom stereocenters.